The molecule has 4 N–H and O–H groups in total. The molecule has 38 heavy (non-hydrogen) atoms. The number of carbonyl (C=O) groups excluding carboxylic acids is 2. The fraction of sp³-hybridized carbons (Fsp3) is 0.630. The number of hydrazine groups is 1. The summed E-state index contributed by atoms with van der Waals surface area (Å²) in [6.07, 6.45) is 7.06. The van der Waals surface area contributed by atoms with Gasteiger partial charge < -0.3 is 19.9 Å². The molecule has 1 aromatic rings. The molecule has 0 aromatic heterocycles. The van der Waals surface area contributed by atoms with E-state index in [-0.39, 0.29) is 55.2 Å². The Morgan fingerprint density at radius 1 is 1.05 bits per heavy atom. The second kappa shape index (κ2) is 9.89. The van der Waals surface area contributed by atoms with Crippen LogP contribution < -0.4 is 21.3 Å². The van der Waals surface area contributed by atoms with Crippen LogP contribution in [0.25, 0.3) is 0 Å². The normalized spacial score (nSPS) is 36.7. The minimum atomic E-state index is -0.193. The number of amides is 2. The second-order valence-electron chi connectivity index (χ2n) is 11.4. The Kier molecular flexibility index (Phi) is 6.38. The molecule has 0 spiro atoms. The molecular weight excluding hydrogens is 484 g/mol. The Labute approximate surface area is 223 Å². The summed E-state index contributed by atoms with van der Waals surface area (Å²) in [6.45, 7) is 3.98. The lowest BCUT2D eigenvalue weighted by Crippen LogP contribution is -2.72. The van der Waals surface area contributed by atoms with E-state index in [4.69, 9.17) is 4.74 Å². The Morgan fingerprint density at radius 2 is 1.97 bits per heavy atom. The van der Waals surface area contributed by atoms with E-state index in [1.807, 2.05) is 9.91 Å². The predicted octanol–water partition coefficient (Wildman–Crippen LogP) is -0.213. The lowest BCUT2D eigenvalue weighted by molar-refractivity contribution is -0.175. The average molecular weight is 523 g/mol. The van der Waals surface area contributed by atoms with Crippen LogP contribution in [-0.2, 0) is 27.3 Å². The smallest absolute Gasteiger partial charge is 0.249 e. The summed E-state index contributed by atoms with van der Waals surface area (Å²) < 4.78 is 5.91. The van der Waals surface area contributed by atoms with Crippen LogP contribution in [0, 0.1) is 5.92 Å². The van der Waals surface area contributed by atoms with Gasteiger partial charge in [0.15, 0.2) is 0 Å². The van der Waals surface area contributed by atoms with Crippen LogP contribution in [0.4, 0.5) is 5.69 Å². The number of rotatable bonds is 2. The van der Waals surface area contributed by atoms with E-state index in [1.165, 1.54) is 11.1 Å². The van der Waals surface area contributed by atoms with E-state index in [2.05, 4.69) is 68.6 Å². The third-order valence-corrected chi connectivity index (χ3v) is 8.93. The quantitative estimate of drug-likeness (QED) is 0.393. The van der Waals surface area contributed by atoms with Crippen molar-refractivity contribution in [1.82, 2.24) is 35.8 Å². The van der Waals surface area contributed by atoms with Gasteiger partial charge >= 0.3 is 0 Å². The van der Waals surface area contributed by atoms with Gasteiger partial charge in [0.2, 0.25) is 11.8 Å². The number of hydrogen-bond acceptors (Lipinski definition) is 9. The summed E-state index contributed by atoms with van der Waals surface area (Å²) >= 11 is 0. The minimum Gasteiger partial charge on any atom is -0.365 e. The molecule has 0 saturated carbocycles. The Hall–Kier alpha value is -2.54. The van der Waals surface area contributed by atoms with Gasteiger partial charge in [0.05, 0.1) is 30.9 Å². The van der Waals surface area contributed by atoms with E-state index in [0.717, 1.165) is 44.5 Å². The molecule has 4 fully saturated rings. The maximum Gasteiger partial charge on any atom is 0.249 e. The topological polar surface area (TPSA) is 104 Å². The van der Waals surface area contributed by atoms with Crippen molar-refractivity contribution in [2.24, 2.45) is 5.92 Å². The molecule has 11 heteroatoms. The summed E-state index contributed by atoms with van der Waals surface area (Å²) in [6, 6.07) is 6.64. The Morgan fingerprint density at radius 3 is 2.89 bits per heavy atom. The number of anilines is 1. The standard InChI is InChI=1S/C27H38N8O3/c1-32-12-9-17-5-6-19(13-18(17)15-32)29-27-28-14-20-24(31-27)35-22-8-7-21-25(30-22)33(23(36)16-38-21)10-3-2-4-11-34(35)26(20)37/h2,4-6,13,20-22,24-25,27-31H,3,7-12,14-16H2,1H3/b4-2+. The van der Waals surface area contributed by atoms with Crippen molar-refractivity contribution in [2.45, 2.75) is 63.1 Å². The zero-order valence-corrected chi connectivity index (χ0v) is 21.9. The molecule has 11 nitrogen and oxygen atoms in total. The molecule has 6 aliphatic rings. The molecular formula is C27H38N8O3. The lowest BCUT2D eigenvalue weighted by Gasteiger charge is -2.50. The number of morpholine rings is 1. The third-order valence-electron chi connectivity index (χ3n) is 8.93. The van der Waals surface area contributed by atoms with Crippen LogP contribution >= 0.6 is 0 Å². The first kappa shape index (κ1) is 24.5. The van der Waals surface area contributed by atoms with Crippen LogP contribution in [0.5, 0.6) is 0 Å². The highest BCUT2D eigenvalue weighted by molar-refractivity contribution is 5.82. The van der Waals surface area contributed by atoms with Gasteiger partial charge in [-0.2, -0.15) is 5.01 Å². The summed E-state index contributed by atoms with van der Waals surface area (Å²) in [5.74, 6) is -0.0351. The van der Waals surface area contributed by atoms with E-state index >= 15 is 0 Å². The van der Waals surface area contributed by atoms with Gasteiger partial charge in [-0.1, -0.05) is 18.2 Å². The highest BCUT2D eigenvalue weighted by atomic mass is 16.5. The molecule has 6 heterocycles. The summed E-state index contributed by atoms with van der Waals surface area (Å²) in [7, 11) is 2.16. The number of piperidine rings is 1. The van der Waals surface area contributed by atoms with E-state index < -0.39 is 0 Å². The van der Waals surface area contributed by atoms with Crippen LogP contribution in [0.3, 0.4) is 0 Å². The number of hydrogen-bond donors (Lipinski definition) is 4. The SMILES string of the molecule is CN1CCc2ccc(NC3NCC4C(=O)N5C/C=C/CCN6C(=O)COC7CCC(NC76)N5C4N3)cc2C1. The van der Waals surface area contributed by atoms with Crippen molar-refractivity contribution in [1.29, 1.82) is 0 Å². The summed E-state index contributed by atoms with van der Waals surface area (Å²) in [4.78, 5) is 30.6. The van der Waals surface area contributed by atoms with Crippen molar-refractivity contribution in [3.63, 3.8) is 0 Å². The number of benzene rings is 1. The molecule has 204 valence electrons. The number of ether oxygens (including phenoxy) is 1. The van der Waals surface area contributed by atoms with Crippen LogP contribution in [-0.4, -0.2) is 102 Å². The van der Waals surface area contributed by atoms with E-state index in [0.29, 0.717) is 19.6 Å². The van der Waals surface area contributed by atoms with E-state index in [1.54, 1.807) is 0 Å². The second-order valence-corrected chi connectivity index (χ2v) is 11.4. The molecule has 0 aliphatic carbocycles. The van der Waals surface area contributed by atoms with Crippen LogP contribution in [0.15, 0.2) is 30.4 Å². The lowest BCUT2D eigenvalue weighted by atomic mass is 9.99. The van der Waals surface area contributed by atoms with Gasteiger partial charge in [0, 0.05) is 31.9 Å². The van der Waals surface area contributed by atoms with Gasteiger partial charge in [0.25, 0.3) is 0 Å². The monoisotopic (exact) mass is 522 g/mol. The van der Waals surface area contributed by atoms with Crippen LogP contribution in [0.2, 0.25) is 0 Å². The van der Waals surface area contributed by atoms with Gasteiger partial charge in [-0.05, 0) is 56.0 Å². The molecule has 6 aliphatic heterocycles. The molecule has 1 aromatic carbocycles. The van der Waals surface area contributed by atoms with Crippen LogP contribution in [0.1, 0.15) is 30.4 Å². The molecule has 6 atom stereocenters. The highest BCUT2D eigenvalue weighted by Gasteiger charge is 2.53. The van der Waals surface area contributed by atoms with Gasteiger partial charge in [-0.3, -0.25) is 30.5 Å². The fourth-order valence-corrected chi connectivity index (χ4v) is 6.96. The molecule has 0 radical (unpaired) electrons. The highest BCUT2D eigenvalue weighted by Crippen LogP contribution is 2.34. The first-order valence-corrected chi connectivity index (χ1v) is 14.0. The number of nitrogens with zero attached hydrogens (tertiary/aromatic N) is 4. The Balaban J connectivity index is 1.13. The maximum atomic E-state index is 13.6. The largest absolute Gasteiger partial charge is 0.365 e. The van der Waals surface area contributed by atoms with Crippen molar-refractivity contribution in [2.75, 3.05) is 45.2 Å². The maximum absolute atomic E-state index is 13.6. The first-order valence-electron chi connectivity index (χ1n) is 14.0. The molecule has 4 saturated heterocycles. The van der Waals surface area contributed by atoms with Gasteiger partial charge in [-0.25, -0.2) is 0 Å². The van der Waals surface area contributed by atoms with Crippen molar-refractivity contribution >= 4 is 17.5 Å². The molecule has 2 bridgehead atoms. The van der Waals surface area contributed by atoms with Crippen molar-refractivity contribution < 1.29 is 14.3 Å². The van der Waals surface area contributed by atoms with Gasteiger partial charge in [0.1, 0.15) is 19.1 Å². The summed E-state index contributed by atoms with van der Waals surface area (Å²) in [5.41, 5.74) is 3.86. The molecule has 6 unspecified atom stereocenters. The fourth-order valence-electron chi connectivity index (χ4n) is 6.96. The first-order chi connectivity index (χ1) is 18.5. The zero-order valence-electron chi connectivity index (χ0n) is 21.9. The van der Waals surface area contributed by atoms with Gasteiger partial charge in [-0.15, -0.1) is 0 Å². The number of likely N-dealkylation sites (N-methyl/N-ethyl adjacent to an activating group) is 1. The average Bonchev–Trinajstić information content (AvgIpc) is 3.17. The third kappa shape index (κ3) is 4.31. The molecule has 7 rings (SSSR count). The van der Waals surface area contributed by atoms with Crippen molar-refractivity contribution in [3.05, 3.63) is 41.5 Å². The zero-order chi connectivity index (χ0) is 25.8. The Bertz CT molecular complexity index is 1130. The van der Waals surface area contributed by atoms with Crippen molar-refractivity contribution in [3.8, 4) is 0 Å². The number of carbonyl (C=O) groups is 2. The molecule has 2 amide bonds. The predicted molar refractivity (Wildman–Crippen MR) is 141 cm³/mol. The van der Waals surface area contributed by atoms with E-state index in [9.17, 15) is 9.59 Å². The number of nitrogens with one attached hydrogen (secondary N) is 4. The summed E-state index contributed by atoms with van der Waals surface area (Å²) in [5, 5.41) is 18.6. The number of fused-ring (bicyclic) bond motifs is 6. The minimum absolute atomic E-state index is 0.0188.